The number of aliphatic hydroxyl groups is 1. The fourth-order valence-electron chi connectivity index (χ4n) is 5.27. The maximum atomic E-state index is 11.8. The average Bonchev–Trinajstić information content (AvgIpc) is 2.90. The lowest BCUT2D eigenvalue weighted by atomic mass is 9.72. The number of rotatable bonds is 12. The van der Waals surface area contributed by atoms with Crippen LogP contribution in [0.25, 0.3) is 10.9 Å². The maximum Gasteiger partial charge on any atom is 0.303 e. The number of carboxylic acid groups (broad SMARTS) is 1. The van der Waals surface area contributed by atoms with Crippen LogP contribution < -0.4 is 4.74 Å². The van der Waals surface area contributed by atoms with Crippen LogP contribution in [0.2, 0.25) is 0 Å². The summed E-state index contributed by atoms with van der Waals surface area (Å²) in [6, 6.07) is 11.8. The van der Waals surface area contributed by atoms with Crippen molar-refractivity contribution in [2.24, 2.45) is 5.41 Å². The van der Waals surface area contributed by atoms with Gasteiger partial charge in [0.1, 0.15) is 5.75 Å². The van der Waals surface area contributed by atoms with Crippen LogP contribution in [0, 0.1) is 5.41 Å². The number of fused-ring (bicyclic) bond motifs is 1. The number of nitrogens with zero attached hydrogens (tertiary/aromatic N) is 3. The summed E-state index contributed by atoms with van der Waals surface area (Å²) in [6.07, 6.45) is 8.06. The summed E-state index contributed by atoms with van der Waals surface area (Å²) < 4.78 is 5.41. The molecule has 2 N–H and O–H groups in total. The predicted octanol–water partition coefficient (Wildman–Crippen LogP) is 4.80. The Kier molecular flexibility index (Phi) is 9.18. The average molecular weight is 510 g/mol. The van der Waals surface area contributed by atoms with E-state index in [4.69, 9.17) is 4.74 Å². The van der Waals surface area contributed by atoms with Gasteiger partial charge in [-0.1, -0.05) is 6.07 Å². The first kappa shape index (κ1) is 26.4. The molecule has 36 heavy (non-hydrogen) atoms. The summed E-state index contributed by atoms with van der Waals surface area (Å²) in [5.74, 6) is 1.02. The van der Waals surface area contributed by atoms with E-state index in [0.29, 0.717) is 0 Å². The Morgan fingerprint density at radius 1 is 1.19 bits per heavy atom. The molecule has 8 heteroatoms. The molecule has 0 aliphatic carbocycles. The van der Waals surface area contributed by atoms with E-state index in [9.17, 15) is 15.0 Å². The van der Waals surface area contributed by atoms with Crippen molar-refractivity contribution in [1.29, 1.82) is 0 Å². The van der Waals surface area contributed by atoms with Gasteiger partial charge in [-0.05, 0) is 92.1 Å². The number of aromatic nitrogens is 2. The predicted molar refractivity (Wildman–Crippen MR) is 142 cm³/mol. The molecule has 3 heterocycles. The number of aliphatic carboxylic acids is 1. The Morgan fingerprint density at radius 2 is 2.03 bits per heavy atom. The standard InChI is InChI=1S/C28H35N3O4S/c1-35-22-7-8-25-24(17-22)23(21(20-32)19-30-25)5-4-9-28(18-27(33)34)10-13-31(14-11-28)15-16-36-26-6-2-3-12-29-26/h2-3,6-8,12,17,19,32H,4-5,9-11,13-16,18,20H2,1H3,(H,33,34). The van der Waals surface area contributed by atoms with E-state index < -0.39 is 5.97 Å². The monoisotopic (exact) mass is 509 g/mol. The molecule has 1 saturated heterocycles. The summed E-state index contributed by atoms with van der Waals surface area (Å²) >= 11 is 1.76. The Bertz CT molecular complexity index is 1140. The number of likely N-dealkylation sites (tertiary alicyclic amines) is 1. The molecule has 1 aromatic carbocycles. The third-order valence-corrected chi connectivity index (χ3v) is 8.24. The van der Waals surface area contributed by atoms with Crippen LogP contribution in [0.15, 0.2) is 53.8 Å². The fraction of sp³-hybridized carbons (Fsp3) is 0.464. The van der Waals surface area contributed by atoms with Crippen LogP contribution in [-0.2, 0) is 17.8 Å². The minimum Gasteiger partial charge on any atom is -0.497 e. The zero-order valence-electron chi connectivity index (χ0n) is 20.9. The fourth-order valence-corrected chi connectivity index (χ4v) is 6.13. The smallest absolute Gasteiger partial charge is 0.303 e. The summed E-state index contributed by atoms with van der Waals surface area (Å²) in [4.78, 5) is 23.1. The van der Waals surface area contributed by atoms with E-state index >= 15 is 0 Å². The zero-order valence-corrected chi connectivity index (χ0v) is 21.7. The van der Waals surface area contributed by atoms with Crippen LogP contribution in [0.1, 0.15) is 43.2 Å². The van der Waals surface area contributed by atoms with Gasteiger partial charge < -0.3 is 19.8 Å². The summed E-state index contributed by atoms with van der Waals surface area (Å²) in [5, 5.41) is 21.7. The van der Waals surface area contributed by atoms with Gasteiger partial charge in [-0.25, -0.2) is 4.98 Å². The minimum absolute atomic E-state index is 0.0682. The van der Waals surface area contributed by atoms with Gasteiger partial charge >= 0.3 is 5.97 Å². The molecule has 2 aromatic heterocycles. The molecule has 4 rings (SSSR count). The number of aliphatic hydroxyl groups excluding tert-OH is 1. The first-order valence-corrected chi connectivity index (χ1v) is 13.5. The van der Waals surface area contributed by atoms with E-state index in [0.717, 1.165) is 90.3 Å². The molecule has 0 bridgehead atoms. The lowest BCUT2D eigenvalue weighted by Gasteiger charge is -2.41. The number of piperidine rings is 1. The normalized spacial score (nSPS) is 15.7. The molecular formula is C28H35N3O4S. The number of pyridine rings is 2. The molecule has 0 radical (unpaired) electrons. The van der Waals surface area contributed by atoms with Crippen LogP contribution in [0.5, 0.6) is 5.75 Å². The Hall–Kier alpha value is -2.68. The van der Waals surface area contributed by atoms with Crippen LogP contribution in [0.3, 0.4) is 0 Å². The molecule has 1 aliphatic rings. The van der Waals surface area contributed by atoms with Gasteiger partial charge in [-0.2, -0.15) is 0 Å². The lowest BCUT2D eigenvalue weighted by molar-refractivity contribution is -0.140. The van der Waals surface area contributed by atoms with E-state index in [1.54, 1.807) is 25.1 Å². The third kappa shape index (κ3) is 6.75. The molecule has 0 spiro atoms. The zero-order chi connectivity index (χ0) is 25.4. The molecule has 7 nitrogen and oxygen atoms in total. The second kappa shape index (κ2) is 12.5. The number of thioether (sulfide) groups is 1. The van der Waals surface area contributed by atoms with Gasteiger partial charge in [0, 0.05) is 30.1 Å². The van der Waals surface area contributed by atoms with E-state index in [1.165, 1.54) is 0 Å². The second-order valence-electron chi connectivity index (χ2n) is 9.59. The number of hydrogen-bond donors (Lipinski definition) is 2. The van der Waals surface area contributed by atoms with Gasteiger partial charge in [-0.3, -0.25) is 9.78 Å². The summed E-state index contributed by atoms with van der Waals surface area (Å²) in [7, 11) is 1.64. The molecule has 0 atom stereocenters. The van der Waals surface area contributed by atoms with E-state index in [1.807, 2.05) is 42.6 Å². The largest absolute Gasteiger partial charge is 0.497 e. The lowest BCUT2D eigenvalue weighted by Crippen LogP contribution is -2.42. The Labute approximate surface area is 216 Å². The highest BCUT2D eigenvalue weighted by atomic mass is 32.2. The minimum atomic E-state index is -0.718. The molecule has 1 aliphatic heterocycles. The van der Waals surface area contributed by atoms with Gasteiger partial charge in [0.15, 0.2) is 0 Å². The first-order valence-electron chi connectivity index (χ1n) is 12.6. The van der Waals surface area contributed by atoms with Crippen molar-refractivity contribution < 1.29 is 19.7 Å². The van der Waals surface area contributed by atoms with Crippen LogP contribution >= 0.6 is 11.8 Å². The molecule has 0 saturated carbocycles. The Balaban J connectivity index is 1.37. The number of hydrogen-bond acceptors (Lipinski definition) is 7. The van der Waals surface area contributed by atoms with Crippen LogP contribution in [-0.4, -0.2) is 63.5 Å². The van der Waals surface area contributed by atoms with E-state index in [-0.39, 0.29) is 18.4 Å². The van der Waals surface area contributed by atoms with Crippen molar-refractivity contribution >= 4 is 28.6 Å². The SMILES string of the molecule is COc1ccc2ncc(CO)c(CCCC3(CC(=O)O)CCN(CCSc4ccccn4)CC3)c2c1. The second-order valence-corrected chi connectivity index (χ2v) is 10.7. The highest BCUT2D eigenvalue weighted by Gasteiger charge is 2.36. The number of carbonyl (C=O) groups is 1. The van der Waals surface area contributed by atoms with Crippen molar-refractivity contribution in [3.8, 4) is 5.75 Å². The highest BCUT2D eigenvalue weighted by molar-refractivity contribution is 7.99. The molecule has 0 amide bonds. The van der Waals surface area contributed by atoms with Crippen molar-refractivity contribution in [1.82, 2.24) is 14.9 Å². The maximum absolute atomic E-state index is 11.8. The van der Waals surface area contributed by atoms with Gasteiger partial charge in [-0.15, -0.1) is 11.8 Å². The number of ether oxygens (including phenoxy) is 1. The number of benzene rings is 1. The van der Waals surface area contributed by atoms with Gasteiger partial charge in [0.2, 0.25) is 0 Å². The van der Waals surface area contributed by atoms with Gasteiger partial charge in [0.05, 0.1) is 30.7 Å². The summed E-state index contributed by atoms with van der Waals surface area (Å²) in [5.41, 5.74) is 2.59. The van der Waals surface area contributed by atoms with E-state index in [2.05, 4.69) is 14.9 Å². The molecule has 3 aromatic rings. The number of aryl methyl sites for hydroxylation is 1. The van der Waals surface area contributed by atoms with Crippen molar-refractivity contribution in [2.45, 2.75) is 50.2 Å². The third-order valence-electron chi connectivity index (χ3n) is 7.32. The Morgan fingerprint density at radius 3 is 2.72 bits per heavy atom. The van der Waals surface area contributed by atoms with Crippen molar-refractivity contribution in [3.05, 3.63) is 59.9 Å². The number of carboxylic acids is 1. The first-order chi connectivity index (χ1) is 17.5. The molecule has 0 unspecified atom stereocenters. The summed E-state index contributed by atoms with van der Waals surface area (Å²) in [6.45, 7) is 2.76. The quantitative estimate of drug-likeness (QED) is 0.336. The van der Waals surface area contributed by atoms with Crippen molar-refractivity contribution in [3.63, 3.8) is 0 Å². The number of methoxy groups -OCH3 is 1. The molecule has 1 fully saturated rings. The highest BCUT2D eigenvalue weighted by Crippen LogP contribution is 2.40. The molecular weight excluding hydrogens is 474 g/mol. The topological polar surface area (TPSA) is 95.8 Å². The van der Waals surface area contributed by atoms with Gasteiger partial charge in [0.25, 0.3) is 0 Å². The van der Waals surface area contributed by atoms with Crippen molar-refractivity contribution in [2.75, 3.05) is 32.5 Å². The molecule has 192 valence electrons. The van der Waals surface area contributed by atoms with Crippen LogP contribution in [0.4, 0.5) is 0 Å².